The maximum absolute atomic E-state index is 12.3. The number of para-hydroxylation sites is 1. The van der Waals surface area contributed by atoms with Crippen LogP contribution in [0.3, 0.4) is 0 Å². The molecule has 0 aliphatic heterocycles. The van der Waals surface area contributed by atoms with E-state index in [0.717, 1.165) is 30.5 Å². The first-order valence-corrected chi connectivity index (χ1v) is 9.62. The number of nitro benzene ring substituents is 1. The minimum atomic E-state index is -0.423. The van der Waals surface area contributed by atoms with Gasteiger partial charge < -0.3 is 5.32 Å². The number of carbonyl (C=O) groups is 1. The van der Waals surface area contributed by atoms with E-state index in [1.807, 2.05) is 48.7 Å². The van der Waals surface area contributed by atoms with Crippen molar-refractivity contribution in [2.24, 2.45) is 0 Å². The van der Waals surface area contributed by atoms with Crippen LogP contribution < -0.4 is 5.32 Å². The van der Waals surface area contributed by atoms with Crippen LogP contribution in [0.2, 0.25) is 0 Å². The predicted octanol–water partition coefficient (Wildman–Crippen LogP) is 5.26. The molecule has 6 heteroatoms. The van der Waals surface area contributed by atoms with Crippen LogP contribution >= 0.6 is 0 Å². The van der Waals surface area contributed by atoms with E-state index >= 15 is 0 Å². The van der Waals surface area contributed by atoms with Gasteiger partial charge in [-0.15, -0.1) is 0 Å². The summed E-state index contributed by atoms with van der Waals surface area (Å²) < 4.78 is 0. The minimum absolute atomic E-state index is 0.0317. The smallest absolute Gasteiger partial charge is 0.292 e. The van der Waals surface area contributed by atoms with Crippen LogP contribution in [0.25, 0.3) is 0 Å². The molecule has 0 saturated heterocycles. The normalized spacial score (nSPS) is 10.5. The Morgan fingerprint density at radius 3 is 2.55 bits per heavy atom. The molecule has 29 heavy (non-hydrogen) atoms. The van der Waals surface area contributed by atoms with Crippen molar-refractivity contribution in [2.45, 2.75) is 32.1 Å². The molecule has 0 fully saturated rings. The van der Waals surface area contributed by atoms with Crippen molar-refractivity contribution in [3.05, 3.63) is 94.3 Å². The molecular formula is C23H23N3O3. The second kappa shape index (κ2) is 10.1. The van der Waals surface area contributed by atoms with E-state index < -0.39 is 4.92 Å². The monoisotopic (exact) mass is 389 g/mol. The number of carbonyl (C=O) groups excluding carboxylic acids is 1. The van der Waals surface area contributed by atoms with Gasteiger partial charge in [-0.2, -0.15) is 0 Å². The van der Waals surface area contributed by atoms with E-state index in [1.165, 1.54) is 6.07 Å². The lowest BCUT2D eigenvalue weighted by Gasteiger charge is -2.09. The Balaban J connectivity index is 1.55. The van der Waals surface area contributed by atoms with Gasteiger partial charge >= 0.3 is 0 Å². The molecule has 1 heterocycles. The molecule has 0 saturated carbocycles. The van der Waals surface area contributed by atoms with Gasteiger partial charge in [-0.05, 0) is 54.7 Å². The number of nitrogens with one attached hydrogen (secondary N) is 1. The number of benzene rings is 2. The minimum Gasteiger partial charge on any atom is -0.350 e. The highest BCUT2D eigenvalue weighted by Gasteiger charge is 2.16. The fourth-order valence-electron chi connectivity index (χ4n) is 3.13. The maximum atomic E-state index is 12.3. The third kappa shape index (κ3) is 6.24. The van der Waals surface area contributed by atoms with Gasteiger partial charge in [-0.1, -0.05) is 30.3 Å². The standard InChI is InChI=1S/C23H23N3O3/c27-21(11-5-4-7-18-8-6-14-24-17-18)15-19-12-13-22(23(16-19)26(28)29)25-20-9-2-1-3-10-20/h1-3,6,8-10,12-14,16-17,25H,4-5,7,11,15H2. The third-order valence-corrected chi connectivity index (χ3v) is 4.61. The Morgan fingerprint density at radius 2 is 1.83 bits per heavy atom. The van der Waals surface area contributed by atoms with Gasteiger partial charge in [0.2, 0.25) is 0 Å². The number of pyridine rings is 1. The summed E-state index contributed by atoms with van der Waals surface area (Å²) in [5.41, 5.74) is 2.97. The van der Waals surface area contributed by atoms with Crippen LogP contribution in [0.15, 0.2) is 73.1 Å². The largest absolute Gasteiger partial charge is 0.350 e. The summed E-state index contributed by atoms with van der Waals surface area (Å²) >= 11 is 0. The number of rotatable bonds is 10. The maximum Gasteiger partial charge on any atom is 0.292 e. The van der Waals surface area contributed by atoms with Crippen molar-refractivity contribution in [2.75, 3.05) is 5.32 Å². The van der Waals surface area contributed by atoms with E-state index in [-0.39, 0.29) is 17.9 Å². The molecule has 1 aromatic heterocycles. The van der Waals surface area contributed by atoms with Gasteiger partial charge in [-0.3, -0.25) is 19.9 Å². The number of ketones is 1. The Morgan fingerprint density at radius 1 is 1.00 bits per heavy atom. The number of hydrogen-bond donors (Lipinski definition) is 1. The molecule has 0 atom stereocenters. The van der Waals surface area contributed by atoms with E-state index in [4.69, 9.17) is 0 Å². The molecule has 148 valence electrons. The number of nitrogens with zero attached hydrogens (tertiary/aromatic N) is 2. The molecule has 3 rings (SSSR count). The summed E-state index contributed by atoms with van der Waals surface area (Å²) in [5.74, 6) is 0.0919. The predicted molar refractivity (Wildman–Crippen MR) is 113 cm³/mol. The molecule has 0 radical (unpaired) electrons. The Bertz CT molecular complexity index is 960. The number of aryl methyl sites for hydroxylation is 1. The zero-order chi connectivity index (χ0) is 20.5. The topological polar surface area (TPSA) is 85.1 Å². The zero-order valence-electron chi connectivity index (χ0n) is 16.1. The van der Waals surface area contributed by atoms with Gasteiger partial charge in [0.1, 0.15) is 11.5 Å². The molecule has 0 spiro atoms. The highest BCUT2D eigenvalue weighted by atomic mass is 16.6. The first-order valence-electron chi connectivity index (χ1n) is 9.62. The van der Waals surface area contributed by atoms with Crippen LogP contribution in [-0.4, -0.2) is 15.7 Å². The second-order valence-electron chi connectivity index (χ2n) is 6.88. The number of hydrogen-bond acceptors (Lipinski definition) is 5. The van der Waals surface area contributed by atoms with Gasteiger partial charge in [0, 0.05) is 37.0 Å². The quantitative estimate of drug-likeness (QED) is 0.290. The van der Waals surface area contributed by atoms with E-state index in [1.54, 1.807) is 18.3 Å². The number of nitro groups is 1. The summed E-state index contributed by atoms with van der Waals surface area (Å²) in [4.78, 5) is 27.4. The lowest BCUT2D eigenvalue weighted by Crippen LogP contribution is -2.04. The average molecular weight is 389 g/mol. The Labute approximate surface area is 169 Å². The second-order valence-corrected chi connectivity index (χ2v) is 6.88. The molecule has 3 aromatic rings. The van der Waals surface area contributed by atoms with Crippen molar-refractivity contribution in [1.29, 1.82) is 0 Å². The molecule has 0 bridgehead atoms. The van der Waals surface area contributed by atoms with E-state index in [9.17, 15) is 14.9 Å². The van der Waals surface area contributed by atoms with Crippen LogP contribution in [0, 0.1) is 10.1 Å². The van der Waals surface area contributed by atoms with Crippen molar-refractivity contribution < 1.29 is 9.72 Å². The van der Waals surface area contributed by atoms with Crippen LogP contribution in [0.1, 0.15) is 30.4 Å². The molecule has 1 N–H and O–H groups in total. The van der Waals surface area contributed by atoms with Crippen LogP contribution in [0.4, 0.5) is 17.1 Å². The Kier molecular flexibility index (Phi) is 7.05. The SMILES string of the molecule is O=C(CCCCc1cccnc1)Cc1ccc(Nc2ccccc2)c([N+](=O)[O-])c1. The summed E-state index contributed by atoms with van der Waals surface area (Å²) in [5, 5.41) is 14.5. The summed E-state index contributed by atoms with van der Waals surface area (Å²) in [7, 11) is 0. The molecule has 2 aromatic carbocycles. The van der Waals surface area contributed by atoms with E-state index in [2.05, 4.69) is 10.3 Å². The third-order valence-electron chi connectivity index (χ3n) is 4.61. The summed E-state index contributed by atoms with van der Waals surface area (Å²) in [6, 6.07) is 18.1. The molecular weight excluding hydrogens is 366 g/mol. The van der Waals surface area contributed by atoms with Gasteiger partial charge in [0.15, 0.2) is 0 Å². The van der Waals surface area contributed by atoms with Gasteiger partial charge in [0.05, 0.1) is 4.92 Å². The molecule has 0 unspecified atom stereocenters. The lowest BCUT2D eigenvalue weighted by molar-refractivity contribution is -0.384. The number of aromatic nitrogens is 1. The van der Waals surface area contributed by atoms with Gasteiger partial charge in [0.25, 0.3) is 5.69 Å². The van der Waals surface area contributed by atoms with Crippen LogP contribution in [-0.2, 0) is 17.6 Å². The first-order chi connectivity index (χ1) is 14.1. The molecule has 0 aliphatic carbocycles. The lowest BCUT2D eigenvalue weighted by atomic mass is 10.0. The average Bonchev–Trinajstić information content (AvgIpc) is 2.74. The van der Waals surface area contributed by atoms with Crippen molar-refractivity contribution in [3.8, 4) is 0 Å². The van der Waals surface area contributed by atoms with Crippen LogP contribution in [0.5, 0.6) is 0 Å². The fourth-order valence-corrected chi connectivity index (χ4v) is 3.13. The summed E-state index contributed by atoms with van der Waals surface area (Å²) in [6.07, 6.45) is 6.86. The Hall–Kier alpha value is -3.54. The molecule has 0 amide bonds. The van der Waals surface area contributed by atoms with Crippen molar-refractivity contribution in [3.63, 3.8) is 0 Å². The van der Waals surface area contributed by atoms with E-state index in [0.29, 0.717) is 17.7 Å². The number of Topliss-reactive ketones (excluding diaryl/α,β-unsaturated/α-hetero) is 1. The number of unbranched alkanes of at least 4 members (excludes halogenated alkanes) is 1. The van der Waals surface area contributed by atoms with Gasteiger partial charge in [-0.25, -0.2) is 0 Å². The number of anilines is 2. The first kappa shape index (κ1) is 20.2. The zero-order valence-corrected chi connectivity index (χ0v) is 16.1. The molecule has 6 nitrogen and oxygen atoms in total. The summed E-state index contributed by atoms with van der Waals surface area (Å²) in [6.45, 7) is 0. The fraction of sp³-hybridized carbons (Fsp3) is 0.217. The highest BCUT2D eigenvalue weighted by Crippen LogP contribution is 2.29. The highest BCUT2D eigenvalue weighted by molar-refractivity contribution is 5.81. The van der Waals surface area contributed by atoms with Crippen molar-refractivity contribution in [1.82, 2.24) is 4.98 Å². The van der Waals surface area contributed by atoms with Crippen molar-refractivity contribution >= 4 is 22.8 Å². The molecule has 0 aliphatic rings.